The first-order valence-electron chi connectivity index (χ1n) is 12.1. The number of carbonyl (C=O) groups is 4. The molecule has 9 nitrogen and oxygen atoms in total. The van der Waals surface area contributed by atoms with E-state index in [-0.39, 0.29) is 31.6 Å². The maximum Gasteiger partial charge on any atom is 0.322 e. The van der Waals surface area contributed by atoms with Crippen LogP contribution in [0.25, 0.3) is 0 Å². The average Bonchev–Trinajstić information content (AvgIpc) is 3.08. The van der Waals surface area contributed by atoms with Crippen molar-refractivity contribution < 1.29 is 23.9 Å². The van der Waals surface area contributed by atoms with Crippen molar-refractivity contribution >= 4 is 41.1 Å². The van der Waals surface area contributed by atoms with Crippen LogP contribution >= 0.6 is 11.6 Å². The number of benzene rings is 1. The summed E-state index contributed by atoms with van der Waals surface area (Å²) in [5.41, 5.74) is 0.236. The third kappa shape index (κ3) is 6.87. The number of amides is 4. The van der Waals surface area contributed by atoms with Crippen LogP contribution in [-0.2, 0) is 25.5 Å². The summed E-state index contributed by atoms with van der Waals surface area (Å²) in [6.45, 7) is 9.86. The molecule has 1 unspecified atom stereocenters. The van der Waals surface area contributed by atoms with Crippen molar-refractivity contribution in [2.24, 2.45) is 0 Å². The van der Waals surface area contributed by atoms with Crippen LogP contribution < -0.4 is 15.5 Å². The first-order chi connectivity index (χ1) is 16.4. The van der Waals surface area contributed by atoms with Gasteiger partial charge in [0.05, 0.1) is 0 Å². The zero-order chi connectivity index (χ0) is 25.8. The number of halogens is 1. The lowest BCUT2D eigenvalue weighted by Crippen LogP contribution is -2.51. The molecule has 35 heavy (non-hydrogen) atoms. The number of urea groups is 1. The highest BCUT2D eigenvalue weighted by Gasteiger charge is 2.46. The Morgan fingerprint density at radius 1 is 1.09 bits per heavy atom. The van der Waals surface area contributed by atoms with E-state index in [1.165, 1.54) is 0 Å². The molecule has 2 saturated heterocycles. The molecule has 2 N–H and O–H groups in total. The van der Waals surface area contributed by atoms with Crippen molar-refractivity contribution in [3.63, 3.8) is 0 Å². The van der Waals surface area contributed by atoms with Gasteiger partial charge in [0.25, 0.3) is 5.91 Å². The van der Waals surface area contributed by atoms with Crippen molar-refractivity contribution in [2.45, 2.75) is 70.9 Å². The highest BCUT2D eigenvalue weighted by atomic mass is 35.5. The number of hydrogen-bond acceptors (Lipinski definition) is 6. The lowest BCUT2D eigenvalue weighted by atomic mass is 9.88. The quantitative estimate of drug-likeness (QED) is 0.414. The van der Waals surface area contributed by atoms with Gasteiger partial charge in [0, 0.05) is 49.7 Å². The SMILES string of the molecule is CCc1cc(N2CCN(C(=O)CCC3(CCC(=O)OC(C)(C)C)NC(=O)NC3=O)CC2)ccc1Cl. The van der Waals surface area contributed by atoms with Gasteiger partial charge >= 0.3 is 12.0 Å². The highest BCUT2D eigenvalue weighted by molar-refractivity contribution is 6.31. The number of nitrogens with zero attached hydrogens (tertiary/aromatic N) is 2. The van der Waals surface area contributed by atoms with Crippen molar-refractivity contribution in [1.29, 1.82) is 0 Å². The summed E-state index contributed by atoms with van der Waals surface area (Å²) >= 11 is 6.24. The van der Waals surface area contributed by atoms with Crippen LogP contribution in [0.3, 0.4) is 0 Å². The fraction of sp³-hybridized carbons (Fsp3) is 0.600. The van der Waals surface area contributed by atoms with Gasteiger partial charge in [0.2, 0.25) is 5.91 Å². The van der Waals surface area contributed by atoms with Gasteiger partial charge in [-0.15, -0.1) is 0 Å². The topological polar surface area (TPSA) is 108 Å². The maximum absolute atomic E-state index is 13.0. The summed E-state index contributed by atoms with van der Waals surface area (Å²) in [5.74, 6) is -1.06. The summed E-state index contributed by atoms with van der Waals surface area (Å²) in [5, 5.41) is 5.64. The van der Waals surface area contributed by atoms with Gasteiger partial charge in [-0.1, -0.05) is 18.5 Å². The minimum atomic E-state index is -1.30. The summed E-state index contributed by atoms with van der Waals surface area (Å²) in [4.78, 5) is 53.6. The predicted molar refractivity (Wildman–Crippen MR) is 133 cm³/mol. The number of ether oxygens (including phenoxy) is 1. The molecule has 0 bridgehead atoms. The maximum atomic E-state index is 13.0. The predicted octanol–water partition coefficient (Wildman–Crippen LogP) is 3.03. The Morgan fingerprint density at radius 2 is 1.74 bits per heavy atom. The number of imide groups is 1. The molecule has 3 rings (SSSR count). The van der Waals surface area contributed by atoms with Crippen LogP contribution in [0.1, 0.15) is 58.9 Å². The van der Waals surface area contributed by atoms with Gasteiger partial charge in [-0.2, -0.15) is 0 Å². The molecule has 0 aliphatic carbocycles. The zero-order valence-corrected chi connectivity index (χ0v) is 21.7. The van der Waals surface area contributed by atoms with Crippen molar-refractivity contribution in [3.8, 4) is 0 Å². The number of piperazine rings is 1. The molecule has 0 radical (unpaired) electrons. The van der Waals surface area contributed by atoms with Crippen molar-refractivity contribution in [1.82, 2.24) is 15.5 Å². The fourth-order valence-corrected chi connectivity index (χ4v) is 4.69. The second kappa shape index (κ2) is 10.8. The Morgan fingerprint density at radius 3 is 2.31 bits per heavy atom. The van der Waals surface area contributed by atoms with Crippen LogP contribution in [-0.4, -0.2) is 66.0 Å². The van der Waals surface area contributed by atoms with E-state index in [1.807, 2.05) is 12.1 Å². The zero-order valence-electron chi connectivity index (χ0n) is 20.9. The van der Waals surface area contributed by atoms with E-state index in [9.17, 15) is 19.2 Å². The first kappa shape index (κ1) is 26.8. The molecule has 10 heteroatoms. The number of anilines is 1. The number of rotatable bonds is 8. The molecule has 0 saturated carbocycles. The Hall–Kier alpha value is -2.81. The average molecular weight is 507 g/mol. The van der Waals surface area contributed by atoms with E-state index in [0.29, 0.717) is 26.2 Å². The van der Waals surface area contributed by atoms with E-state index in [1.54, 1.807) is 25.7 Å². The van der Waals surface area contributed by atoms with Gasteiger partial charge in [0.15, 0.2) is 0 Å². The molecule has 2 heterocycles. The number of nitrogens with one attached hydrogen (secondary N) is 2. The third-order valence-electron chi connectivity index (χ3n) is 6.36. The normalized spacial score (nSPS) is 20.5. The van der Waals surface area contributed by atoms with E-state index in [0.717, 1.165) is 22.7 Å². The number of carbonyl (C=O) groups excluding carboxylic acids is 4. The smallest absolute Gasteiger partial charge is 0.322 e. The van der Waals surface area contributed by atoms with Crippen molar-refractivity contribution in [3.05, 3.63) is 28.8 Å². The van der Waals surface area contributed by atoms with Gasteiger partial charge < -0.3 is 19.9 Å². The summed E-state index contributed by atoms with van der Waals surface area (Å²) in [6, 6.07) is 5.38. The summed E-state index contributed by atoms with van der Waals surface area (Å²) in [6.07, 6.45) is 1.08. The van der Waals surface area contributed by atoms with Crippen LogP contribution in [0, 0.1) is 0 Å². The summed E-state index contributed by atoms with van der Waals surface area (Å²) < 4.78 is 5.32. The van der Waals surface area contributed by atoms with Gasteiger partial charge in [-0.05, 0) is 63.8 Å². The largest absolute Gasteiger partial charge is 0.460 e. The van der Waals surface area contributed by atoms with E-state index in [2.05, 4.69) is 28.5 Å². The standard InChI is InChI=1S/C25H35ClN4O5/c1-5-17-16-18(6-7-19(17)26)29-12-14-30(15-13-29)20(31)8-10-25(22(33)27-23(34)28-25)11-9-21(32)35-24(2,3)4/h6-7,16H,5,8-15H2,1-4H3,(H2,27,28,33,34). The number of esters is 1. The van der Waals surface area contributed by atoms with Crippen LogP contribution in [0.15, 0.2) is 18.2 Å². The molecule has 0 spiro atoms. The Kier molecular flexibility index (Phi) is 8.30. The molecular formula is C25H35ClN4O5. The van der Waals surface area contributed by atoms with Gasteiger partial charge in [-0.3, -0.25) is 19.7 Å². The number of hydrogen-bond donors (Lipinski definition) is 2. The van der Waals surface area contributed by atoms with E-state index < -0.39 is 29.0 Å². The van der Waals surface area contributed by atoms with Gasteiger partial charge in [0.1, 0.15) is 11.1 Å². The lowest BCUT2D eigenvalue weighted by Gasteiger charge is -2.37. The molecule has 2 fully saturated rings. The highest BCUT2D eigenvalue weighted by Crippen LogP contribution is 2.27. The fourth-order valence-electron chi connectivity index (χ4n) is 4.43. The molecular weight excluding hydrogens is 472 g/mol. The van der Waals surface area contributed by atoms with Crippen LogP contribution in [0.5, 0.6) is 0 Å². The molecule has 2 aliphatic rings. The van der Waals surface area contributed by atoms with E-state index >= 15 is 0 Å². The van der Waals surface area contributed by atoms with Gasteiger partial charge in [-0.25, -0.2) is 4.79 Å². The van der Waals surface area contributed by atoms with Crippen LogP contribution in [0.4, 0.5) is 10.5 Å². The molecule has 1 atom stereocenters. The lowest BCUT2D eigenvalue weighted by molar-refractivity contribution is -0.155. The Balaban J connectivity index is 1.56. The van der Waals surface area contributed by atoms with Crippen molar-refractivity contribution in [2.75, 3.05) is 31.1 Å². The Labute approximate surface area is 211 Å². The second-order valence-electron chi connectivity index (χ2n) is 10.1. The molecule has 1 aromatic rings. The minimum absolute atomic E-state index is 0.0430. The molecule has 1 aromatic carbocycles. The molecule has 0 aromatic heterocycles. The second-order valence-corrected chi connectivity index (χ2v) is 10.5. The van der Waals surface area contributed by atoms with E-state index in [4.69, 9.17) is 16.3 Å². The minimum Gasteiger partial charge on any atom is -0.460 e. The Bertz CT molecular complexity index is 985. The third-order valence-corrected chi connectivity index (χ3v) is 6.73. The summed E-state index contributed by atoms with van der Waals surface area (Å²) in [7, 11) is 0. The molecule has 4 amide bonds. The van der Waals surface area contributed by atoms with Crippen LogP contribution in [0.2, 0.25) is 5.02 Å². The number of aryl methyl sites for hydroxylation is 1. The molecule has 192 valence electrons. The molecule has 2 aliphatic heterocycles. The monoisotopic (exact) mass is 506 g/mol. The first-order valence-corrected chi connectivity index (χ1v) is 12.5.